The number of carbonyl (C=O) groups excluding carboxylic acids is 1. The molecule has 0 radical (unpaired) electrons. The van der Waals surface area contributed by atoms with E-state index in [1.165, 1.54) is 7.11 Å². The van der Waals surface area contributed by atoms with Crippen LogP contribution < -0.4 is 0 Å². The number of carboxylic acids is 2. The Bertz CT molecular complexity index is 389. The predicted octanol–water partition coefficient (Wildman–Crippen LogP) is -0.583. The van der Waals surface area contributed by atoms with Gasteiger partial charge in [-0.1, -0.05) is 20.1 Å². The van der Waals surface area contributed by atoms with Crippen molar-refractivity contribution in [1.29, 1.82) is 0 Å². The molecule has 9 nitrogen and oxygen atoms in total. The van der Waals surface area contributed by atoms with Gasteiger partial charge in [-0.25, -0.2) is 9.59 Å². The Morgan fingerprint density at radius 1 is 1.09 bits per heavy atom. The molecule has 0 aliphatic rings. The van der Waals surface area contributed by atoms with Gasteiger partial charge >= 0.3 is 17.9 Å². The van der Waals surface area contributed by atoms with Crippen LogP contribution in [0.2, 0.25) is 0 Å². The first-order valence-electron chi connectivity index (χ1n) is 6.19. The average molecular weight is 336 g/mol. The highest BCUT2D eigenvalue weighted by atomic mass is 16.5. The van der Waals surface area contributed by atoms with Crippen LogP contribution in [-0.2, 0) is 19.1 Å². The summed E-state index contributed by atoms with van der Waals surface area (Å²) in [5.41, 5.74) is -1.01. The molecule has 0 rings (SSSR count). The smallest absolute Gasteiger partial charge is 0.331 e. The van der Waals surface area contributed by atoms with Crippen molar-refractivity contribution < 1.29 is 44.7 Å². The number of methoxy groups -OCH3 is 1. The molecule has 0 amide bonds. The zero-order valence-electron chi connectivity index (χ0n) is 13.2. The van der Waals surface area contributed by atoms with Crippen LogP contribution in [0, 0.1) is 5.41 Å². The summed E-state index contributed by atoms with van der Waals surface area (Å²) in [6.07, 6.45) is 0.606. The van der Waals surface area contributed by atoms with E-state index in [4.69, 9.17) is 25.5 Å². The summed E-state index contributed by atoms with van der Waals surface area (Å²) >= 11 is 0. The summed E-state index contributed by atoms with van der Waals surface area (Å²) in [7, 11) is 1.31. The molecular formula is C14H24O9. The van der Waals surface area contributed by atoms with Gasteiger partial charge in [0.05, 0.1) is 33.4 Å². The second-order valence-electron chi connectivity index (χ2n) is 4.49. The van der Waals surface area contributed by atoms with Gasteiger partial charge in [-0.05, 0) is 0 Å². The normalized spacial score (nSPS) is 9.26. The Hall–Kier alpha value is -2.23. The molecule has 0 saturated carbocycles. The predicted molar refractivity (Wildman–Crippen MR) is 80.6 cm³/mol. The van der Waals surface area contributed by atoms with Crippen LogP contribution in [0.1, 0.15) is 13.3 Å². The molecule has 0 aromatic heterocycles. The van der Waals surface area contributed by atoms with Crippen LogP contribution in [0.3, 0.4) is 0 Å². The van der Waals surface area contributed by atoms with Crippen LogP contribution in [-0.4, -0.2) is 70.4 Å². The largest absolute Gasteiger partial charge is 0.481 e. The highest BCUT2D eigenvalue weighted by molar-refractivity contribution is 5.91. The highest BCUT2D eigenvalue weighted by Gasteiger charge is 2.20. The molecule has 0 fully saturated rings. The molecule has 0 spiro atoms. The van der Waals surface area contributed by atoms with Gasteiger partial charge in [-0.3, -0.25) is 4.79 Å². The molecular weight excluding hydrogens is 312 g/mol. The van der Waals surface area contributed by atoms with Crippen LogP contribution in [0.25, 0.3) is 0 Å². The molecule has 0 saturated heterocycles. The molecule has 0 unspecified atom stereocenters. The lowest BCUT2D eigenvalue weighted by atomic mass is 9.95. The van der Waals surface area contributed by atoms with E-state index in [-0.39, 0.29) is 25.4 Å². The quantitative estimate of drug-likeness (QED) is 0.302. The van der Waals surface area contributed by atoms with E-state index < -0.39 is 29.7 Å². The first-order chi connectivity index (χ1) is 10.5. The van der Waals surface area contributed by atoms with Crippen molar-refractivity contribution in [3.63, 3.8) is 0 Å². The van der Waals surface area contributed by atoms with Gasteiger partial charge in [0.1, 0.15) is 0 Å². The number of hydrogen-bond donors (Lipinski definition) is 5. The zero-order valence-corrected chi connectivity index (χ0v) is 13.2. The fraction of sp³-hybridized carbons (Fsp3) is 0.500. The van der Waals surface area contributed by atoms with Gasteiger partial charge in [0.15, 0.2) is 0 Å². The van der Waals surface area contributed by atoms with Crippen LogP contribution >= 0.6 is 0 Å². The van der Waals surface area contributed by atoms with Gasteiger partial charge < -0.3 is 30.3 Å². The molecule has 0 heterocycles. The number of carboxylic acid groups (broad SMARTS) is 2. The van der Waals surface area contributed by atoms with E-state index in [1.807, 2.05) is 0 Å². The Morgan fingerprint density at radius 2 is 1.48 bits per heavy atom. The van der Waals surface area contributed by atoms with E-state index >= 15 is 0 Å². The van der Waals surface area contributed by atoms with Crippen molar-refractivity contribution in [1.82, 2.24) is 0 Å². The molecule has 0 aromatic carbocycles. The van der Waals surface area contributed by atoms with Crippen molar-refractivity contribution in [3.8, 4) is 0 Å². The minimum Gasteiger partial charge on any atom is -0.481 e. The fourth-order valence-electron chi connectivity index (χ4n) is 0.491. The third-order valence-electron chi connectivity index (χ3n) is 2.18. The third-order valence-corrected chi connectivity index (χ3v) is 2.18. The summed E-state index contributed by atoms with van der Waals surface area (Å²) in [4.78, 5) is 29.5. The molecule has 23 heavy (non-hydrogen) atoms. The molecule has 0 aliphatic carbocycles. The summed E-state index contributed by atoms with van der Waals surface area (Å²) in [6, 6.07) is 0. The van der Waals surface area contributed by atoms with E-state index in [1.54, 1.807) is 6.92 Å². The van der Waals surface area contributed by atoms with Gasteiger partial charge in [0.25, 0.3) is 0 Å². The summed E-state index contributed by atoms with van der Waals surface area (Å²) in [5, 5.41) is 41.5. The lowest BCUT2D eigenvalue weighted by Gasteiger charge is -2.20. The number of aliphatic carboxylic acids is 2. The van der Waals surface area contributed by atoms with Gasteiger partial charge in [0.2, 0.25) is 0 Å². The third kappa shape index (κ3) is 17.7. The Balaban J connectivity index is -0.000000266. The molecule has 0 bridgehead atoms. The minimum atomic E-state index is -1.27. The van der Waals surface area contributed by atoms with Crippen LogP contribution in [0.5, 0.6) is 0 Å². The van der Waals surface area contributed by atoms with Gasteiger partial charge in [0, 0.05) is 17.1 Å². The maximum Gasteiger partial charge on any atom is 0.331 e. The van der Waals surface area contributed by atoms with Crippen molar-refractivity contribution in [3.05, 3.63) is 24.8 Å². The molecule has 0 atom stereocenters. The second kappa shape index (κ2) is 14.7. The summed E-state index contributed by atoms with van der Waals surface area (Å²) < 4.78 is 4.14. The zero-order chi connectivity index (χ0) is 19.1. The molecule has 0 aromatic rings. The van der Waals surface area contributed by atoms with Crippen molar-refractivity contribution in [2.75, 3.05) is 26.9 Å². The number of aliphatic hydroxyl groups is 3. The number of hydrogen-bond acceptors (Lipinski definition) is 7. The van der Waals surface area contributed by atoms with Crippen LogP contribution in [0.15, 0.2) is 24.8 Å². The first kappa shape index (κ1) is 25.7. The number of rotatable bonds is 7. The SMILES string of the molecule is C=C(CC(=O)O)C(=O)O.C=CC(=O)OC.CC(CO)(CO)CO. The maximum atomic E-state index is 9.87. The Labute approximate surface area is 134 Å². The van der Waals surface area contributed by atoms with E-state index in [0.717, 1.165) is 6.08 Å². The van der Waals surface area contributed by atoms with Crippen LogP contribution in [0.4, 0.5) is 0 Å². The number of carbonyl (C=O) groups is 3. The van der Waals surface area contributed by atoms with Crippen molar-refractivity contribution in [2.45, 2.75) is 13.3 Å². The fourth-order valence-corrected chi connectivity index (χ4v) is 0.491. The lowest BCUT2D eigenvalue weighted by molar-refractivity contribution is -0.139. The monoisotopic (exact) mass is 336 g/mol. The summed E-state index contributed by atoms with van der Waals surface area (Å²) in [6.45, 7) is 7.23. The lowest BCUT2D eigenvalue weighted by Crippen LogP contribution is -2.29. The number of ether oxygens (including phenoxy) is 1. The Morgan fingerprint density at radius 3 is 1.52 bits per heavy atom. The van der Waals surface area contributed by atoms with E-state index in [2.05, 4.69) is 17.9 Å². The molecule has 134 valence electrons. The Kier molecular flexibility index (Phi) is 16.4. The minimum absolute atomic E-state index is 0.181. The van der Waals surface area contributed by atoms with Gasteiger partial charge in [-0.15, -0.1) is 0 Å². The topological polar surface area (TPSA) is 162 Å². The van der Waals surface area contributed by atoms with Crippen molar-refractivity contribution in [2.24, 2.45) is 5.41 Å². The van der Waals surface area contributed by atoms with E-state index in [0.29, 0.717) is 0 Å². The number of aliphatic hydroxyl groups excluding tert-OH is 3. The molecule has 5 N–H and O–H groups in total. The number of esters is 1. The van der Waals surface area contributed by atoms with Gasteiger partial charge in [-0.2, -0.15) is 0 Å². The second-order valence-corrected chi connectivity index (χ2v) is 4.49. The maximum absolute atomic E-state index is 9.87. The van der Waals surface area contributed by atoms with Crippen molar-refractivity contribution >= 4 is 17.9 Å². The average Bonchev–Trinajstić information content (AvgIpc) is 2.53. The van der Waals surface area contributed by atoms with E-state index in [9.17, 15) is 14.4 Å². The first-order valence-corrected chi connectivity index (χ1v) is 6.19. The highest BCUT2D eigenvalue weighted by Crippen LogP contribution is 2.10. The molecule has 0 aliphatic heterocycles. The summed E-state index contributed by atoms with van der Waals surface area (Å²) in [5.74, 6) is -2.84. The standard InChI is InChI=1S/C5H6O4.C5H12O3.C4H6O2/c1-3(5(8)9)2-4(6)7;1-5(2-6,3-7)4-8;1-3-4(5)6-2/h1-2H2,(H,6,7)(H,8,9);6-8H,2-4H2,1H3;3H,1H2,2H3. The molecule has 9 heteroatoms.